The van der Waals surface area contributed by atoms with Gasteiger partial charge in [-0.2, -0.15) is 0 Å². The number of nitrogens with one attached hydrogen (secondary N) is 1. The highest BCUT2D eigenvalue weighted by atomic mass is 35.5. The number of hydrogen-bond donors (Lipinski definition) is 1. The molecular weight excluding hydrogens is 467 g/mol. The number of carbonyl (C=O) groups excluding carboxylic acids is 2. The number of aromatic nitrogens is 3. The van der Waals surface area contributed by atoms with Gasteiger partial charge in [-0.3, -0.25) is 4.79 Å². The lowest BCUT2D eigenvalue weighted by Crippen LogP contribution is -2.16. The van der Waals surface area contributed by atoms with Gasteiger partial charge in [0.05, 0.1) is 23.4 Å². The van der Waals surface area contributed by atoms with E-state index < -0.39 is 11.8 Å². The summed E-state index contributed by atoms with van der Waals surface area (Å²) in [5.74, 6) is -0.293. The van der Waals surface area contributed by atoms with E-state index in [2.05, 4.69) is 15.5 Å². The normalized spacial score (nSPS) is 10.7. The number of anilines is 1. The number of carbonyl (C=O) groups is 2. The fourth-order valence-electron chi connectivity index (χ4n) is 2.53. The zero-order chi connectivity index (χ0) is 22.4. The SMILES string of the molecule is CCn1c(COc2ccc(F)c(Cl)c2)nnc1SCC(=O)Nc1sccc1C(=O)OC. The summed E-state index contributed by atoms with van der Waals surface area (Å²) in [4.78, 5) is 24.0. The molecule has 0 aliphatic heterocycles. The van der Waals surface area contributed by atoms with Gasteiger partial charge in [0.1, 0.15) is 23.2 Å². The van der Waals surface area contributed by atoms with E-state index in [4.69, 9.17) is 21.1 Å². The lowest BCUT2D eigenvalue weighted by Gasteiger charge is -2.09. The molecule has 0 aliphatic rings. The number of nitrogens with zero attached hydrogens (tertiary/aromatic N) is 3. The van der Waals surface area contributed by atoms with E-state index in [0.29, 0.717) is 33.8 Å². The molecule has 0 unspecified atom stereocenters. The van der Waals surface area contributed by atoms with Crippen LogP contribution in [0.15, 0.2) is 34.8 Å². The van der Waals surface area contributed by atoms with Gasteiger partial charge in [0.2, 0.25) is 5.91 Å². The first-order valence-corrected chi connectivity index (χ1v) is 11.3. The van der Waals surface area contributed by atoms with Crippen molar-refractivity contribution in [3.8, 4) is 5.75 Å². The second kappa shape index (κ2) is 10.6. The molecule has 0 atom stereocenters. The standard InChI is InChI=1S/C19H18ClFN4O4S2/c1-3-25-15(9-29-11-4-5-14(21)13(20)8-11)23-24-19(25)31-10-16(26)22-17-12(6-7-30-17)18(27)28-2/h4-8H,3,9-10H2,1-2H3,(H,22,26). The maximum absolute atomic E-state index is 13.3. The number of halogens is 2. The van der Waals surface area contributed by atoms with Gasteiger partial charge in [-0.25, -0.2) is 9.18 Å². The van der Waals surface area contributed by atoms with Crippen molar-refractivity contribution in [2.45, 2.75) is 25.2 Å². The van der Waals surface area contributed by atoms with Gasteiger partial charge in [-0.1, -0.05) is 23.4 Å². The first-order valence-electron chi connectivity index (χ1n) is 9.01. The van der Waals surface area contributed by atoms with Gasteiger partial charge in [0, 0.05) is 12.6 Å². The third-order valence-electron chi connectivity index (χ3n) is 4.02. The van der Waals surface area contributed by atoms with Crippen LogP contribution in [0.4, 0.5) is 9.39 Å². The van der Waals surface area contributed by atoms with Gasteiger partial charge >= 0.3 is 5.97 Å². The van der Waals surface area contributed by atoms with Crippen molar-refractivity contribution in [2.75, 3.05) is 18.2 Å². The molecule has 12 heteroatoms. The van der Waals surface area contributed by atoms with Crippen LogP contribution in [-0.2, 0) is 22.7 Å². The van der Waals surface area contributed by atoms with Crippen molar-refractivity contribution in [1.82, 2.24) is 14.8 Å². The molecule has 1 N–H and O–H groups in total. The zero-order valence-corrected chi connectivity index (χ0v) is 18.9. The number of thioether (sulfide) groups is 1. The Labute approximate surface area is 190 Å². The quantitative estimate of drug-likeness (QED) is 0.358. The van der Waals surface area contributed by atoms with E-state index in [-0.39, 0.29) is 23.3 Å². The number of thiophene rings is 1. The average molecular weight is 485 g/mol. The predicted octanol–water partition coefficient (Wildman–Crippen LogP) is 4.25. The van der Waals surface area contributed by atoms with Gasteiger partial charge in [0.25, 0.3) is 0 Å². The molecule has 0 spiro atoms. The molecule has 1 aromatic carbocycles. The topological polar surface area (TPSA) is 95.3 Å². The van der Waals surface area contributed by atoms with E-state index >= 15 is 0 Å². The van der Waals surface area contributed by atoms with Crippen molar-refractivity contribution < 1.29 is 23.5 Å². The van der Waals surface area contributed by atoms with Crippen LogP contribution < -0.4 is 10.1 Å². The Kier molecular flexibility index (Phi) is 7.88. The summed E-state index contributed by atoms with van der Waals surface area (Å²) in [6.07, 6.45) is 0. The van der Waals surface area contributed by atoms with Gasteiger partial charge < -0.3 is 19.4 Å². The minimum atomic E-state index is -0.524. The van der Waals surface area contributed by atoms with Crippen LogP contribution in [0, 0.1) is 5.82 Å². The molecule has 2 heterocycles. The summed E-state index contributed by atoms with van der Waals surface area (Å²) in [7, 11) is 1.28. The number of hydrogen-bond acceptors (Lipinski definition) is 8. The highest BCUT2D eigenvalue weighted by Gasteiger charge is 2.17. The lowest BCUT2D eigenvalue weighted by atomic mass is 10.3. The molecule has 2 aromatic heterocycles. The Balaban J connectivity index is 1.59. The Morgan fingerprint density at radius 3 is 2.84 bits per heavy atom. The highest BCUT2D eigenvalue weighted by molar-refractivity contribution is 7.99. The first kappa shape index (κ1) is 23.0. The maximum Gasteiger partial charge on any atom is 0.340 e. The van der Waals surface area contributed by atoms with Gasteiger partial charge in [-0.05, 0) is 30.5 Å². The van der Waals surface area contributed by atoms with Crippen molar-refractivity contribution in [1.29, 1.82) is 0 Å². The van der Waals surface area contributed by atoms with Crippen LogP contribution in [0.1, 0.15) is 23.1 Å². The minimum absolute atomic E-state index is 0.0298. The van der Waals surface area contributed by atoms with E-state index in [1.54, 1.807) is 11.4 Å². The molecule has 0 radical (unpaired) electrons. The highest BCUT2D eigenvalue weighted by Crippen LogP contribution is 2.25. The Bertz CT molecular complexity index is 1090. The van der Waals surface area contributed by atoms with Crippen molar-refractivity contribution in [3.05, 3.63) is 51.9 Å². The van der Waals surface area contributed by atoms with E-state index in [0.717, 1.165) is 0 Å². The van der Waals surface area contributed by atoms with Crippen LogP contribution in [0.2, 0.25) is 5.02 Å². The van der Waals surface area contributed by atoms with Crippen molar-refractivity contribution >= 4 is 51.6 Å². The fourth-order valence-corrected chi connectivity index (χ4v) is 4.32. The van der Waals surface area contributed by atoms with Crippen molar-refractivity contribution in [2.24, 2.45) is 0 Å². The number of amides is 1. The van der Waals surface area contributed by atoms with Crippen LogP contribution in [-0.4, -0.2) is 39.5 Å². The van der Waals surface area contributed by atoms with Crippen LogP contribution in [0.5, 0.6) is 5.75 Å². The molecule has 0 fully saturated rings. The van der Waals surface area contributed by atoms with E-state index in [1.165, 1.54) is 48.4 Å². The molecular formula is C19H18ClFN4O4S2. The number of methoxy groups -OCH3 is 1. The molecule has 1 amide bonds. The molecule has 0 saturated heterocycles. The third-order valence-corrected chi connectivity index (χ3v) is 6.11. The van der Waals surface area contributed by atoms with Crippen LogP contribution in [0.25, 0.3) is 0 Å². The number of rotatable bonds is 9. The maximum atomic E-state index is 13.3. The molecule has 3 aromatic rings. The van der Waals surface area contributed by atoms with Gasteiger partial charge in [-0.15, -0.1) is 21.5 Å². The minimum Gasteiger partial charge on any atom is -0.486 e. The Hall–Kier alpha value is -2.63. The monoisotopic (exact) mass is 484 g/mol. The molecule has 164 valence electrons. The Morgan fingerprint density at radius 1 is 1.32 bits per heavy atom. The summed E-state index contributed by atoms with van der Waals surface area (Å²) >= 11 is 8.21. The molecule has 8 nitrogen and oxygen atoms in total. The van der Waals surface area contributed by atoms with Gasteiger partial charge in [0.15, 0.2) is 11.0 Å². The fraction of sp³-hybridized carbons (Fsp3) is 0.263. The van der Waals surface area contributed by atoms with Crippen LogP contribution in [0.3, 0.4) is 0 Å². The molecule has 31 heavy (non-hydrogen) atoms. The molecule has 0 bridgehead atoms. The molecule has 0 saturated carbocycles. The van der Waals surface area contributed by atoms with Crippen LogP contribution >= 0.6 is 34.7 Å². The lowest BCUT2D eigenvalue weighted by molar-refractivity contribution is -0.113. The number of benzene rings is 1. The van der Waals surface area contributed by atoms with E-state index in [9.17, 15) is 14.0 Å². The Morgan fingerprint density at radius 2 is 2.13 bits per heavy atom. The predicted molar refractivity (Wildman–Crippen MR) is 116 cm³/mol. The molecule has 3 rings (SSSR count). The number of ether oxygens (including phenoxy) is 2. The summed E-state index contributed by atoms with van der Waals surface area (Å²) in [6.45, 7) is 2.59. The summed E-state index contributed by atoms with van der Waals surface area (Å²) in [6, 6.07) is 5.67. The second-order valence-corrected chi connectivity index (χ2v) is 8.27. The summed E-state index contributed by atoms with van der Waals surface area (Å²) in [5, 5.41) is 13.6. The largest absolute Gasteiger partial charge is 0.486 e. The average Bonchev–Trinajstić information content (AvgIpc) is 3.38. The smallest absolute Gasteiger partial charge is 0.340 e. The summed E-state index contributed by atoms with van der Waals surface area (Å²) in [5.41, 5.74) is 0.308. The second-order valence-electron chi connectivity index (χ2n) is 6.00. The zero-order valence-electron chi connectivity index (χ0n) is 16.6. The first-order chi connectivity index (χ1) is 14.9. The van der Waals surface area contributed by atoms with E-state index in [1.807, 2.05) is 11.5 Å². The van der Waals surface area contributed by atoms with Crippen molar-refractivity contribution in [3.63, 3.8) is 0 Å². The summed E-state index contributed by atoms with van der Waals surface area (Å²) < 4.78 is 25.4. The third kappa shape index (κ3) is 5.75. The molecule has 0 aliphatic carbocycles. The number of esters is 1.